The number of hydrogen-bond donors (Lipinski definition) is 2. The summed E-state index contributed by atoms with van der Waals surface area (Å²) in [5.41, 5.74) is -0.394. The third-order valence-corrected chi connectivity index (χ3v) is 6.10. The Bertz CT molecular complexity index is 1250. The number of nitro benzene ring substituents is 1. The molecule has 0 saturated carbocycles. The van der Waals surface area contributed by atoms with Gasteiger partial charge in [0, 0.05) is 4.47 Å². The van der Waals surface area contributed by atoms with Crippen LogP contribution in [0.2, 0.25) is 0 Å². The predicted molar refractivity (Wildman–Crippen MR) is 119 cm³/mol. The van der Waals surface area contributed by atoms with E-state index in [1.54, 1.807) is 24.3 Å². The Hall–Kier alpha value is -3.44. The lowest BCUT2D eigenvalue weighted by molar-refractivity contribution is -0.384. The lowest BCUT2D eigenvalue weighted by atomic mass is 10.1. The maximum absolute atomic E-state index is 12.8. The third-order valence-electron chi connectivity index (χ3n) is 4.19. The van der Waals surface area contributed by atoms with Crippen molar-refractivity contribution in [2.45, 2.75) is 4.90 Å². The van der Waals surface area contributed by atoms with E-state index in [9.17, 15) is 23.3 Å². The van der Waals surface area contributed by atoms with Gasteiger partial charge in [0.1, 0.15) is 11.4 Å². The van der Waals surface area contributed by atoms with Crippen LogP contribution in [0.3, 0.4) is 0 Å². The number of benzene rings is 3. The first-order valence-electron chi connectivity index (χ1n) is 8.72. The molecule has 3 aromatic carbocycles. The van der Waals surface area contributed by atoms with Crippen molar-refractivity contribution >= 4 is 48.9 Å². The van der Waals surface area contributed by atoms with Gasteiger partial charge in [0.25, 0.3) is 21.6 Å². The first kappa shape index (κ1) is 22.2. The number of anilines is 2. The quantitative estimate of drug-likeness (QED) is 0.361. The molecule has 0 fully saturated rings. The van der Waals surface area contributed by atoms with Crippen LogP contribution in [0.25, 0.3) is 0 Å². The standard InChI is InChI=1S/C20H16BrN3O6S/c1-30-14-8-11-18(19(12-14)24(26)27)22-20(25)16-4-2-3-5-17(16)23-31(28,29)15-9-6-13(21)7-10-15/h2-12,23H,1H3,(H,22,25). The van der Waals surface area contributed by atoms with Gasteiger partial charge in [-0.3, -0.25) is 19.6 Å². The topological polar surface area (TPSA) is 128 Å². The molecule has 3 aromatic rings. The van der Waals surface area contributed by atoms with Crippen LogP contribution in [0.4, 0.5) is 17.1 Å². The van der Waals surface area contributed by atoms with E-state index in [-0.39, 0.29) is 33.3 Å². The number of carbonyl (C=O) groups is 1. The summed E-state index contributed by atoms with van der Waals surface area (Å²) < 4.78 is 33.5. The Morgan fingerprint density at radius 1 is 1.03 bits per heavy atom. The SMILES string of the molecule is COc1ccc(NC(=O)c2ccccc2NS(=O)(=O)c2ccc(Br)cc2)c([N+](=O)[O-])c1. The van der Waals surface area contributed by atoms with Crippen LogP contribution in [0.1, 0.15) is 10.4 Å². The Kier molecular flexibility index (Phi) is 6.56. The fourth-order valence-electron chi connectivity index (χ4n) is 2.67. The van der Waals surface area contributed by atoms with Gasteiger partial charge in [-0.1, -0.05) is 28.1 Å². The minimum atomic E-state index is -3.97. The Morgan fingerprint density at radius 3 is 2.35 bits per heavy atom. The van der Waals surface area contributed by atoms with Crippen molar-refractivity contribution < 1.29 is 22.9 Å². The number of nitro groups is 1. The van der Waals surface area contributed by atoms with Gasteiger partial charge >= 0.3 is 0 Å². The minimum Gasteiger partial charge on any atom is -0.496 e. The van der Waals surface area contributed by atoms with Crippen molar-refractivity contribution in [2.75, 3.05) is 17.1 Å². The van der Waals surface area contributed by atoms with Gasteiger partial charge in [0.2, 0.25) is 0 Å². The fourth-order valence-corrected chi connectivity index (χ4v) is 4.02. The number of amides is 1. The van der Waals surface area contributed by atoms with E-state index in [0.29, 0.717) is 4.47 Å². The molecule has 2 N–H and O–H groups in total. The highest BCUT2D eigenvalue weighted by Crippen LogP contribution is 2.30. The number of carbonyl (C=O) groups excluding carboxylic acids is 1. The number of para-hydroxylation sites is 1. The molecule has 0 saturated heterocycles. The molecule has 0 aliphatic rings. The van der Waals surface area contributed by atoms with Gasteiger partial charge in [-0.15, -0.1) is 0 Å². The van der Waals surface area contributed by atoms with Crippen LogP contribution < -0.4 is 14.8 Å². The molecule has 0 radical (unpaired) electrons. The average Bonchev–Trinajstić information content (AvgIpc) is 2.74. The number of sulfonamides is 1. The van der Waals surface area contributed by atoms with Crippen LogP contribution in [0, 0.1) is 10.1 Å². The number of methoxy groups -OCH3 is 1. The Labute approximate surface area is 186 Å². The van der Waals surface area contributed by atoms with Crippen molar-refractivity contribution in [3.63, 3.8) is 0 Å². The molecule has 0 heterocycles. The van der Waals surface area contributed by atoms with Gasteiger partial charge in [-0.25, -0.2) is 8.42 Å². The molecule has 0 bridgehead atoms. The normalized spacial score (nSPS) is 10.9. The summed E-state index contributed by atoms with van der Waals surface area (Å²) in [6.07, 6.45) is 0. The van der Waals surface area contributed by atoms with Crippen molar-refractivity contribution in [3.05, 3.63) is 86.9 Å². The molecule has 0 spiro atoms. The molecule has 3 rings (SSSR count). The molecular formula is C20H16BrN3O6S. The van der Waals surface area contributed by atoms with Gasteiger partial charge in [0.15, 0.2) is 0 Å². The van der Waals surface area contributed by atoms with Crippen molar-refractivity contribution in [3.8, 4) is 5.75 Å². The first-order chi connectivity index (χ1) is 14.7. The molecule has 0 unspecified atom stereocenters. The van der Waals surface area contributed by atoms with E-state index in [2.05, 4.69) is 26.0 Å². The molecule has 11 heteroatoms. The van der Waals surface area contributed by atoms with E-state index in [1.807, 2.05) is 0 Å². The summed E-state index contributed by atoms with van der Waals surface area (Å²) in [6.45, 7) is 0. The predicted octanol–water partition coefficient (Wildman–Crippen LogP) is 4.42. The molecule has 0 atom stereocenters. The Morgan fingerprint density at radius 2 is 1.71 bits per heavy atom. The molecule has 9 nitrogen and oxygen atoms in total. The second-order valence-corrected chi connectivity index (χ2v) is 8.80. The van der Waals surface area contributed by atoms with E-state index in [1.165, 1.54) is 49.6 Å². The monoisotopic (exact) mass is 505 g/mol. The van der Waals surface area contributed by atoms with Crippen LogP contribution in [0.5, 0.6) is 5.75 Å². The highest BCUT2D eigenvalue weighted by atomic mass is 79.9. The number of halogens is 1. The maximum atomic E-state index is 12.8. The smallest absolute Gasteiger partial charge is 0.296 e. The zero-order valence-electron chi connectivity index (χ0n) is 16.0. The summed E-state index contributed by atoms with van der Waals surface area (Å²) in [7, 11) is -2.60. The molecule has 1 amide bonds. The summed E-state index contributed by atoms with van der Waals surface area (Å²) in [5, 5.41) is 13.8. The van der Waals surface area contributed by atoms with E-state index >= 15 is 0 Å². The second kappa shape index (κ2) is 9.14. The van der Waals surface area contributed by atoms with Crippen molar-refractivity contribution in [1.29, 1.82) is 0 Å². The van der Waals surface area contributed by atoms with E-state index in [0.717, 1.165) is 0 Å². The number of rotatable bonds is 7. The summed E-state index contributed by atoms with van der Waals surface area (Å²) >= 11 is 3.24. The molecule has 0 aromatic heterocycles. The summed E-state index contributed by atoms with van der Waals surface area (Å²) in [6, 6.07) is 15.9. The van der Waals surface area contributed by atoms with E-state index in [4.69, 9.17) is 4.74 Å². The number of ether oxygens (including phenoxy) is 1. The molecule has 0 aliphatic carbocycles. The highest BCUT2D eigenvalue weighted by molar-refractivity contribution is 9.10. The first-order valence-corrected chi connectivity index (χ1v) is 11.0. The molecule has 160 valence electrons. The van der Waals surface area contributed by atoms with Crippen molar-refractivity contribution in [2.24, 2.45) is 0 Å². The number of nitrogens with one attached hydrogen (secondary N) is 2. The summed E-state index contributed by atoms with van der Waals surface area (Å²) in [5.74, 6) is -0.463. The lowest BCUT2D eigenvalue weighted by Crippen LogP contribution is -2.19. The van der Waals surface area contributed by atoms with Gasteiger partial charge in [0.05, 0.1) is 34.2 Å². The van der Waals surface area contributed by atoms with Crippen LogP contribution in [0.15, 0.2) is 76.1 Å². The van der Waals surface area contributed by atoms with Gasteiger partial charge < -0.3 is 10.1 Å². The number of hydrogen-bond acceptors (Lipinski definition) is 6. The highest BCUT2D eigenvalue weighted by Gasteiger charge is 2.22. The Balaban J connectivity index is 1.91. The zero-order valence-corrected chi connectivity index (χ0v) is 18.4. The summed E-state index contributed by atoms with van der Waals surface area (Å²) in [4.78, 5) is 23.5. The lowest BCUT2D eigenvalue weighted by Gasteiger charge is -2.13. The molecule has 0 aliphatic heterocycles. The zero-order chi connectivity index (χ0) is 22.6. The largest absolute Gasteiger partial charge is 0.496 e. The van der Waals surface area contributed by atoms with Gasteiger partial charge in [-0.2, -0.15) is 0 Å². The molecular weight excluding hydrogens is 490 g/mol. The van der Waals surface area contributed by atoms with Crippen LogP contribution in [-0.4, -0.2) is 26.4 Å². The maximum Gasteiger partial charge on any atom is 0.296 e. The third kappa shape index (κ3) is 5.19. The van der Waals surface area contributed by atoms with Crippen LogP contribution in [-0.2, 0) is 10.0 Å². The average molecular weight is 506 g/mol. The van der Waals surface area contributed by atoms with Crippen molar-refractivity contribution in [1.82, 2.24) is 0 Å². The minimum absolute atomic E-state index is 0.00620. The van der Waals surface area contributed by atoms with Crippen LogP contribution >= 0.6 is 15.9 Å². The van der Waals surface area contributed by atoms with E-state index < -0.39 is 20.9 Å². The number of nitrogens with zero attached hydrogens (tertiary/aromatic N) is 1. The molecule has 31 heavy (non-hydrogen) atoms. The fraction of sp³-hybridized carbons (Fsp3) is 0.0500. The van der Waals surface area contributed by atoms with Gasteiger partial charge in [-0.05, 0) is 48.5 Å². The second-order valence-electron chi connectivity index (χ2n) is 6.20.